The molecule has 92 valence electrons. The molecule has 2 aromatic rings. The first-order chi connectivity index (χ1) is 7.97. The van der Waals surface area contributed by atoms with Gasteiger partial charge in [0, 0.05) is 34.8 Å². The van der Waals surface area contributed by atoms with E-state index >= 15 is 0 Å². The summed E-state index contributed by atoms with van der Waals surface area (Å²) in [6.07, 6.45) is 1.92. The van der Waals surface area contributed by atoms with Crippen LogP contribution < -0.4 is 15.2 Å². The average Bonchev–Trinajstić information content (AvgIpc) is 2.70. The maximum atomic E-state index is 6.15. The molecule has 1 heterocycles. The monoisotopic (exact) mass is 234 g/mol. The average molecular weight is 234 g/mol. The van der Waals surface area contributed by atoms with Crippen molar-refractivity contribution < 1.29 is 9.47 Å². The zero-order valence-corrected chi connectivity index (χ0v) is 10.6. The van der Waals surface area contributed by atoms with Gasteiger partial charge in [-0.3, -0.25) is 0 Å². The van der Waals surface area contributed by atoms with Crippen LogP contribution in [0.2, 0.25) is 0 Å². The summed E-state index contributed by atoms with van der Waals surface area (Å²) < 4.78 is 10.6. The van der Waals surface area contributed by atoms with Crippen LogP contribution in [0.1, 0.15) is 19.4 Å². The van der Waals surface area contributed by atoms with Crippen LogP contribution in [-0.2, 0) is 5.54 Å². The molecular formula is C13H18N2O2. The van der Waals surface area contributed by atoms with Crippen LogP contribution in [0.25, 0.3) is 10.9 Å². The predicted molar refractivity (Wildman–Crippen MR) is 68.6 cm³/mol. The Labute approximate surface area is 101 Å². The van der Waals surface area contributed by atoms with E-state index in [2.05, 4.69) is 4.98 Å². The van der Waals surface area contributed by atoms with Gasteiger partial charge < -0.3 is 20.2 Å². The molecule has 0 bridgehead atoms. The van der Waals surface area contributed by atoms with Crippen molar-refractivity contribution in [3.63, 3.8) is 0 Å². The molecule has 4 nitrogen and oxygen atoms in total. The molecule has 2 rings (SSSR count). The Balaban J connectivity index is 2.75. The number of ether oxygens (including phenoxy) is 2. The summed E-state index contributed by atoms with van der Waals surface area (Å²) >= 11 is 0. The Kier molecular flexibility index (Phi) is 2.75. The molecule has 0 radical (unpaired) electrons. The molecule has 1 aromatic heterocycles. The molecule has 1 aromatic carbocycles. The van der Waals surface area contributed by atoms with E-state index in [9.17, 15) is 0 Å². The van der Waals surface area contributed by atoms with E-state index < -0.39 is 5.54 Å². The third kappa shape index (κ3) is 1.96. The van der Waals surface area contributed by atoms with Gasteiger partial charge >= 0.3 is 0 Å². The van der Waals surface area contributed by atoms with Gasteiger partial charge in [0.1, 0.15) is 11.5 Å². The highest BCUT2D eigenvalue weighted by atomic mass is 16.5. The van der Waals surface area contributed by atoms with Gasteiger partial charge in [0.25, 0.3) is 0 Å². The number of H-pyrrole nitrogens is 1. The first kappa shape index (κ1) is 11.8. The van der Waals surface area contributed by atoms with E-state index in [1.54, 1.807) is 14.2 Å². The smallest absolute Gasteiger partial charge is 0.132 e. The molecular weight excluding hydrogens is 216 g/mol. The van der Waals surface area contributed by atoms with Gasteiger partial charge in [-0.15, -0.1) is 0 Å². The van der Waals surface area contributed by atoms with Crippen LogP contribution in [0.15, 0.2) is 18.3 Å². The normalized spacial score (nSPS) is 11.8. The van der Waals surface area contributed by atoms with Crippen LogP contribution in [-0.4, -0.2) is 19.2 Å². The van der Waals surface area contributed by atoms with E-state index in [0.29, 0.717) is 0 Å². The second-order valence-corrected chi connectivity index (χ2v) is 4.68. The highest BCUT2D eigenvalue weighted by Crippen LogP contribution is 2.36. The molecule has 0 atom stereocenters. The number of aromatic nitrogens is 1. The SMILES string of the molecule is COc1cc(OC)c2c(C(C)(C)N)c[nH]c2c1. The number of rotatable bonds is 3. The maximum absolute atomic E-state index is 6.15. The summed E-state index contributed by atoms with van der Waals surface area (Å²) in [6, 6.07) is 3.80. The van der Waals surface area contributed by atoms with Crippen molar-refractivity contribution in [1.82, 2.24) is 4.98 Å². The number of hydrogen-bond acceptors (Lipinski definition) is 3. The fourth-order valence-electron chi connectivity index (χ4n) is 1.99. The third-order valence-electron chi connectivity index (χ3n) is 2.87. The van der Waals surface area contributed by atoms with Crippen LogP contribution in [0, 0.1) is 0 Å². The molecule has 17 heavy (non-hydrogen) atoms. The van der Waals surface area contributed by atoms with Crippen molar-refractivity contribution in [1.29, 1.82) is 0 Å². The summed E-state index contributed by atoms with van der Waals surface area (Å²) in [5.74, 6) is 1.53. The lowest BCUT2D eigenvalue weighted by Gasteiger charge is -2.18. The van der Waals surface area contributed by atoms with E-state index in [1.165, 1.54) is 0 Å². The van der Waals surface area contributed by atoms with Crippen molar-refractivity contribution in [2.24, 2.45) is 5.73 Å². The number of benzene rings is 1. The standard InChI is InChI=1S/C13H18N2O2/c1-13(2,14)9-7-15-10-5-8(16-3)6-11(17-4)12(9)10/h5-7,15H,14H2,1-4H3. The molecule has 0 aliphatic carbocycles. The highest BCUT2D eigenvalue weighted by Gasteiger charge is 2.21. The molecule has 0 amide bonds. The lowest BCUT2D eigenvalue weighted by molar-refractivity contribution is 0.397. The van der Waals surface area contributed by atoms with Crippen molar-refractivity contribution in [2.75, 3.05) is 14.2 Å². The Morgan fingerprint density at radius 2 is 1.88 bits per heavy atom. The topological polar surface area (TPSA) is 60.3 Å². The molecule has 3 N–H and O–H groups in total. The molecule has 4 heteroatoms. The number of aromatic amines is 1. The Morgan fingerprint density at radius 1 is 1.18 bits per heavy atom. The van der Waals surface area contributed by atoms with Crippen LogP contribution in [0.3, 0.4) is 0 Å². The van der Waals surface area contributed by atoms with Gasteiger partial charge in [-0.05, 0) is 13.8 Å². The van der Waals surface area contributed by atoms with Crippen molar-refractivity contribution in [3.8, 4) is 11.5 Å². The lowest BCUT2D eigenvalue weighted by Crippen LogP contribution is -2.28. The summed E-state index contributed by atoms with van der Waals surface area (Å²) in [5, 5.41) is 1.01. The fourth-order valence-corrected chi connectivity index (χ4v) is 1.99. The predicted octanol–water partition coefficient (Wildman–Crippen LogP) is 2.38. The minimum Gasteiger partial charge on any atom is -0.497 e. The Bertz CT molecular complexity index is 538. The molecule has 0 spiro atoms. The van der Waals surface area contributed by atoms with E-state index in [1.807, 2.05) is 32.2 Å². The zero-order valence-electron chi connectivity index (χ0n) is 10.6. The number of hydrogen-bond donors (Lipinski definition) is 2. The molecule has 0 saturated heterocycles. The van der Waals surface area contributed by atoms with E-state index in [0.717, 1.165) is 28.0 Å². The van der Waals surface area contributed by atoms with Gasteiger partial charge in [-0.25, -0.2) is 0 Å². The maximum Gasteiger partial charge on any atom is 0.132 e. The van der Waals surface area contributed by atoms with Crippen LogP contribution in [0.4, 0.5) is 0 Å². The molecule has 0 aliphatic rings. The minimum atomic E-state index is -0.417. The Morgan fingerprint density at radius 3 is 2.41 bits per heavy atom. The summed E-state index contributed by atoms with van der Waals surface area (Å²) in [6.45, 7) is 3.94. The second kappa shape index (κ2) is 3.96. The van der Waals surface area contributed by atoms with E-state index in [4.69, 9.17) is 15.2 Å². The van der Waals surface area contributed by atoms with Gasteiger partial charge in [-0.2, -0.15) is 0 Å². The quantitative estimate of drug-likeness (QED) is 0.857. The first-order valence-corrected chi connectivity index (χ1v) is 5.50. The fraction of sp³-hybridized carbons (Fsp3) is 0.385. The van der Waals surface area contributed by atoms with Gasteiger partial charge in [-0.1, -0.05) is 0 Å². The van der Waals surface area contributed by atoms with E-state index in [-0.39, 0.29) is 0 Å². The molecule has 0 fully saturated rings. The summed E-state index contributed by atoms with van der Waals surface area (Å²) in [7, 11) is 3.28. The number of fused-ring (bicyclic) bond motifs is 1. The van der Waals surface area contributed by atoms with Gasteiger partial charge in [0.2, 0.25) is 0 Å². The lowest BCUT2D eigenvalue weighted by atomic mass is 9.95. The molecule has 0 aliphatic heterocycles. The zero-order chi connectivity index (χ0) is 12.6. The molecule has 0 unspecified atom stereocenters. The largest absolute Gasteiger partial charge is 0.497 e. The van der Waals surface area contributed by atoms with Crippen LogP contribution >= 0.6 is 0 Å². The second-order valence-electron chi connectivity index (χ2n) is 4.68. The van der Waals surface area contributed by atoms with Crippen LogP contribution in [0.5, 0.6) is 11.5 Å². The number of nitrogens with two attached hydrogens (primary N) is 1. The number of nitrogens with one attached hydrogen (secondary N) is 1. The summed E-state index contributed by atoms with van der Waals surface area (Å²) in [4.78, 5) is 3.20. The van der Waals surface area contributed by atoms with Gasteiger partial charge in [0.05, 0.1) is 19.7 Å². The first-order valence-electron chi connectivity index (χ1n) is 5.50. The minimum absolute atomic E-state index is 0.417. The molecule has 0 saturated carbocycles. The number of methoxy groups -OCH3 is 2. The third-order valence-corrected chi connectivity index (χ3v) is 2.87. The highest BCUT2D eigenvalue weighted by molar-refractivity contribution is 5.91. The van der Waals surface area contributed by atoms with Crippen molar-refractivity contribution in [3.05, 3.63) is 23.9 Å². The van der Waals surface area contributed by atoms with Gasteiger partial charge in [0.15, 0.2) is 0 Å². The summed E-state index contributed by atoms with van der Waals surface area (Å²) in [5.41, 5.74) is 7.74. The Hall–Kier alpha value is -1.68. The van der Waals surface area contributed by atoms with Crippen molar-refractivity contribution in [2.45, 2.75) is 19.4 Å². The van der Waals surface area contributed by atoms with Crippen molar-refractivity contribution >= 4 is 10.9 Å².